The summed E-state index contributed by atoms with van der Waals surface area (Å²) >= 11 is 0. The molecule has 1 atom stereocenters. The van der Waals surface area contributed by atoms with E-state index in [2.05, 4.69) is 27.2 Å². The van der Waals surface area contributed by atoms with Gasteiger partial charge in [0.05, 0.1) is 17.0 Å². The number of H-pyrrole nitrogens is 1. The van der Waals surface area contributed by atoms with Gasteiger partial charge in [-0.1, -0.05) is 26.2 Å². The summed E-state index contributed by atoms with van der Waals surface area (Å²) in [6.45, 7) is 3.03. The molecule has 0 amide bonds. The maximum absolute atomic E-state index is 6.20. The molecule has 0 bridgehead atoms. The average Bonchev–Trinajstić information content (AvgIpc) is 3.14. The molecule has 5 heteroatoms. The molecule has 1 aliphatic heterocycles. The molecule has 2 fully saturated rings. The van der Waals surface area contributed by atoms with E-state index in [4.69, 9.17) is 4.74 Å². The molecule has 4 rings (SSSR count). The quantitative estimate of drug-likeness (QED) is 0.911. The molecule has 0 aromatic carbocycles. The van der Waals surface area contributed by atoms with E-state index in [1.807, 2.05) is 6.20 Å². The number of aryl methyl sites for hydroxylation is 1. The molecule has 5 nitrogen and oxygen atoms in total. The van der Waals surface area contributed by atoms with Crippen LogP contribution in [-0.4, -0.2) is 33.2 Å². The first-order chi connectivity index (χ1) is 10.8. The standard InChI is InChI=1S/C17H24N4O/c1-2-12-10-18-15-14(12)16(20-11-19-15)21-13-6-9-22-17(13)7-4-3-5-8-17/h10-11,13H,2-9H2,1H3,(H2,18,19,20,21). The van der Waals surface area contributed by atoms with Gasteiger partial charge in [-0.15, -0.1) is 0 Å². The summed E-state index contributed by atoms with van der Waals surface area (Å²) in [6.07, 6.45) is 12.0. The summed E-state index contributed by atoms with van der Waals surface area (Å²) in [6, 6.07) is 0.366. The Morgan fingerprint density at radius 2 is 2.18 bits per heavy atom. The topological polar surface area (TPSA) is 62.8 Å². The number of nitrogens with zero attached hydrogens (tertiary/aromatic N) is 2. The first-order valence-corrected chi connectivity index (χ1v) is 8.54. The number of nitrogens with one attached hydrogen (secondary N) is 2. The largest absolute Gasteiger partial charge is 0.373 e. The molecule has 2 aromatic rings. The van der Waals surface area contributed by atoms with Gasteiger partial charge in [0.1, 0.15) is 17.8 Å². The van der Waals surface area contributed by atoms with Crippen LogP contribution in [0, 0.1) is 0 Å². The number of rotatable bonds is 3. The number of fused-ring (bicyclic) bond motifs is 1. The minimum absolute atomic E-state index is 0.0260. The predicted molar refractivity (Wildman–Crippen MR) is 87.1 cm³/mol. The SMILES string of the molecule is CCc1c[nH]c2ncnc(NC3CCOC34CCCCC4)c12. The molecule has 1 aliphatic carbocycles. The van der Waals surface area contributed by atoms with Crippen LogP contribution in [0.2, 0.25) is 0 Å². The highest BCUT2D eigenvalue weighted by Gasteiger charge is 2.45. The van der Waals surface area contributed by atoms with Gasteiger partial charge in [-0.2, -0.15) is 0 Å². The van der Waals surface area contributed by atoms with Gasteiger partial charge < -0.3 is 15.0 Å². The second-order valence-electron chi connectivity index (χ2n) is 6.57. The van der Waals surface area contributed by atoms with Crippen molar-refractivity contribution in [1.82, 2.24) is 15.0 Å². The summed E-state index contributed by atoms with van der Waals surface area (Å²) in [5.41, 5.74) is 2.22. The third-order valence-electron chi connectivity index (χ3n) is 5.37. The van der Waals surface area contributed by atoms with Crippen LogP contribution >= 0.6 is 0 Å². The smallest absolute Gasteiger partial charge is 0.143 e. The van der Waals surface area contributed by atoms with Gasteiger partial charge in [-0.05, 0) is 31.2 Å². The second-order valence-corrected chi connectivity index (χ2v) is 6.57. The summed E-state index contributed by atoms with van der Waals surface area (Å²) < 4.78 is 6.20. The zero-order chi connectivity index (χ0) is 15.0. The monoisotopic (exact) mass is 300 g/mol. The molecule has 2 N–H and O–H groups in total. The maximum atomic E-state index is 6.20. The Bertz CT molecular complexity index is 660. The lowest BCUT2D eigenvalue weighted by Gasteiger charge is -2.38. The predicted octanol–water partition coefficient (Wildman–Crippen LogP) is 3.42. The van der Waals surface area contributed by atoms with Gasteiger partial charge >= 0.3 is 0 Å². The van der Waals surface area contributed by atoms with E-state index in [0.717, 1.165) is 36.3 Å². The van der Waals surface area contributed by atoms with Gasteiger partial charge in [-0.25, -0.2) is 9.97 Å². The Morgan fingerprint density at radius 1 is 1.32 bits per heavy atom. The average molecular weight is 300 g/mol. The number of aromatic nitrogens is 3. The highest BCUT2D eigenvalue weighted by molar-refractivity contribution is 5.90. The fourth-order valence-electron chi connectivity index (χ4n) is 4.17. The van der Waals surface area contributed by atoms with E-state index >= 15 is 0 Å². The van der Waals surface area contributed by atoms with Crippen LogP contribution in [0.1, 0.15) is 51.0 Å². The van der Waals surface area contributed by atoms with Crippen LogP contribution in [0.25, 0.3) is 11.0 Å². The third kappa shape index (κ3) is 2.19. The van der Waals surface area contributed by atoms with Crippen molar-refractivity contribution in [3.63, 3.8) is 0 Å². The van der Waals surface area contributed by atoms with Crippen molar-refractivity contribution in [1.29, 1.82) is 0 Å². The maximum Gasteiger partial charge on any atom is 0.143 e. The Kier molecular flexibility index (Phi) is 3.53. The van der Waals surface area contributed by atoms with Crippen molar-refractivity contribution in [3.05, 3.63) is 18.1 Å². The molecule has 3 heterocycles. The summed E-state index contributed by atoms with van der Waals surface area (Å²) in [5, 5.41) is 4.85. The summed E-state index contributed by atoms with van der Waals surface area (Å²) in [5.74, 6) is 0.962. The van der Waals surface area contributed by atoms with Crippen molar-refractivity contribution in [3.8, 4) is 0 Å². The number of ether oxygens (including phenoxy) is 1. The van der Waals surface area contributed by atoms with E-state index in [0.29, 0.717) is 6.04 Å². The van der Waals surface area contributed by atoms with Gasteiger partial charge in [0.25, 0.3) is 0 Å². The molecule has 118 valence electrons. The molecule has 2 aliphatic rings. The van der Waals surface area contributed by atoms with Crippen molar-refractivity contribution in [2.45, 2.75) is 63.5 Å². The highest BCUT2D eigenvalue weighted by Crippen LogP contribution is 2.41. The Morgan fingerprint density at radius 3 is 3.00 bits per heavy atom. The molecular weight excluding hydrogens is 276 g/mol. The Hall–Kier alpha value is -1.62. The second kappa shape index (κ2) is 5.54. The first-order valence-electron chi connectivity index (χ1n) is 8.54. The molecule has 2 aromatic heterocycles. The normalized spacial score (nSPS) is 24.1. The van der Waals surface area contributed by atoms with Gasteiger partial charge in [-0.3, -0.25) is 0 Å². The Balaban J connectivity index is 1.67. The number of hydrogen-bond donors (Lipinski definition) is 2. The van der Waals surface area contributed by atoms with Crippen LogP contribution in [0.15, 0.2) is 12.5 Å². The summed E-state index contributed by atoms with van der Waals surface area (Å²) in [4.78, 5) is 12.1. The highest BCUT2D eigenvalue weighted by atomic mass is 16.5. The van der Waals surface area contributed by atoms with Crippen molar-refractivity contribution < 1.29 is 4.74 Å². The van der Waals surface area contributed by atoms with Crippen molar-refractivity contribution in [2.75, 3.05) is 11.9 Å². The van der Waals surface area contributed by atoms with Crippen LogP contribution in [0.4, 0.5) is 5.82 Å². The minimum Gasteiger partial charge on any atom is -0.373 e. The first kappa shape index (κ1) is 14.0. The zero-order valence-corrected chi connectivity index (χ0v) is 13.2. The molecule has 1 spiro atoms. The van der Waals surface area contributed by atoms with Gasteiger partial charge in [0, 0.05) is 12.8 Å². The molecule has 1 saturated carbocycles. The van der Waals surface area contributed by atoms with Crippen molar-refractivity contribution >= 4 is 16.9 Å². The number of anilines is 1. The van der Waals surface area contributed by atoms with Crippen LogP contribution in [0.5, 0.6) is 0 Å². The van der Waals surface area contributed by atoms with E-state index in [9.17, 15) is 0 Å². The van der Waals surface area contributed by atoms with Crippen LogP contribution in [-0.2, 0) is 11.2 Å². The lowest BCUT2D eigenvalue weighted by molar-refractivity contribution is -0.0294. The number of aromatic amines is 1. The van der Waals surface area contributed by atoms with Gasteiger partial charge in [0.15, 0.2) is 0 Å². The molecular formula is C17H24N4O. The number of hydrogen-bond acceptors (Lipinski definition) is 4. The van der Waals surface area contributed by atoms with Crippen LogP contribution < -0.4 is 5.32 Å². The fraction of sp³-hybridized carbons (Fsp3) is 0.647. The minimum atomic E-state index is 0.0260. The molecule has 1 unspecified atom stereocenters. The lowest BCUT2D eigenvalue weighted by atomic mass is 9.79. The lowest BCUT2D eigenvalue weighted by Crippen LogP contribution is -2.45. The van der Waals surface area contributed by atoms with Crippen LogP contribution in [0.3, 0.4) is 0 Å². The van der Waals surface area contributed by atoms with E-state index < -0.39 is 0 Å². The van der Waals surface area contributed by atoms with Crippen molar-refractivity contribution in [2.24, 2.45) is 0 Å². The van der Waals surface area contributed by atoms with E-state index in [1.165, 1.54) is 37.7 Å². The fourth-order valence-corrected chi connectivity index (χ4v) is 4.17. The van der Waals surface area contributed by atoms with Gasteiger partial charge in [0.2, 0.25) is 0 Å². The summed E-state index contributed by atoms with van der Waals surface area (Å²) in [7, 11) is 0. The van der Waals surface area contributed by atoms with E-state index in [1.54, 1.807) is 6.33 Å². The zero-order valence-electron chi connectivity index (χ0n) is 13.2. The molecule has 0 radical (unpaired) electrons. The van der Waals surface area contributed by atoms with E-state index in [-0.39, 0.29) is 5.60 Å². The molecule has 22 heavy (non-hydrogen) atoms. The Labute approximate surface area is 130 Å². The molecule has 1 saturated heterocycles. The third-order valence-corrected chi connectivity index (χ3v) is 5.37.